The Bertz CT molecular complexity index is 706. The van der Waals surface area contributed by atoms with E-state index in [-0.39, 0.29) is 18.2 Å². The molecule has 3 atom stereocenters. The number of hydrogen-bond acceptors (Lipinski definition) is 3. The predicted molar refractivity (Wildman–Crippen MR) is 107 cm³/mol. The number of likely N-dealkylation sites (tertiary alicyclic amines) is 1. The largest absolute Gasteiger partial charge is 0.393 e. The summed E-state index contributed by atoms with van der Waals surface area (Å²) >= 11 is 6.01. The second-order valence-corrected chi connectivity index (χ2v) is 7.98. The van der Waals surface area contributed by atoms with E-state index in [4.69, 9.17) is 11.6 Å². The van der Waals surface area contributed by atoms with Gasteiger partial charge in [-0.3, -0.25) is 4.90 Å². The van der Waals surface area contributed by atoms with Gasteiger partial charge in [-0.25, -0.2) is 0 Å². The minimum atomic E-state index is -0.441. The van der Waals surface area contributed by atoms with Gasteiger partial charge in [0.15, 0.2) is 0 Å². The molecule has 1 fully saturated rings. The highest BCUT2D eigenvalue weighted by atomic mass is 35.5. The van der Waals surface area contributed by atoms with Crippen molar-refractivity contribution in [2.45, 2.75) is 57.4 Å². The topological polar surface area (TPSA) is 43.7 Å². The Kier molecular flexibility index (Phi) is 6.36. The Hall–Kier alpha value is -1.39. The third-order valence-electron chi connectivity index (χ3n) is 5.41. The molecule has 1 heterocycles. The quantitative estimate of drug-likeness (QED) is 0.827. The number of hydrogen-bond donors (Lipinski definition) is 2. The molecule has 2 aromatic carbocycles. The molecule has 2 N–H and O–H groups in total. The summed E-state index contributed by atoms with van der Waals surface area (Å²) in [5.41, 5.74) is 3.39. The highest BCUT2D eigenvalue weighted by Crippen LogP contribution is 2.27. The van der Waals surface area contributed by atoms with E-state index in [9.17, 15) is 10.2 Å². The first-order valence-corrected chi connectivity index (χ1v) is 9.77. The zero-order chi connectivity index (χ0) is 18.7. The second-order valence-electron chi connectivity index (χ2n) is 7.54. The van der Waals surface area contributed by atoms with Gasteiger partial charge in [0, 0.05) is 30.1 Å². The highest BCUT2D eigenvalue weighted by Gasteiger charge is 2.31. The number of piperidine rings is 1. The molecular weight excluding hydrogens is 346 g/mol. The fraction of sp³-hybridized carbons (Fsp3) is 0.455. The van der Waals surface area contributed by atoms with Crippen LogP contribution in [-0.4, -0.2) is 45.9 Å². The zero-order valence-corrected chi connectivity index (χ0v) is 16.2. The number of aliphatic hydroxyl groups is 2. The number of aliphatic hydroxyl groups excluding tert-OH is 2. The lowest BCUT2D eigenvalue weighted by Gasteiger charge is -2.42. The Morgan fingerprint density at radius 3 is 2.31 bits per heavy atom. The van der Waals surface area contributed by atoms with E-state index < -0.39 is 6.10 Å². The van der Waals surface area contributed by atoms with Crippen LogP contribution in [0.15, 0.2) is 48.5 Å². The van der Waals surface area contributed by atoms with E-state index in [1.165, 1.54) is 0 Å². The van der Waals surface area contributed by atoms with Gasteiger partial charge in [0.25, 0.3) is 0 Å². The molecule has 4 heteroatoms. The Morgan fingerprint density at radius 1 is 1.04 bits per heavy atom. The van der Waals surface area contributed by atoms with Crippen molar-refractivity contribution in [2.75, 3.05) is 6.54 Å². The first-order chi connectivity index (χ1) is 12.4. The van der Waals surface area contributed by atoms with Crippen LogP contribution in [0.5, 0.6) is 0 Å². The first kappa shape index (κ1) is 19.4. The molecule has 2 aromatic rings. The molecule has 0 aromatic heterocycles. The van der Waals surface area contributed by atoms with Crippen molar-refractivity contribution in [3.05, 3.63) is 59.1 Å². The Labute approximate surface area is 161 Å². The summed E-state index contributed by atoms with van der Waals surface area (Å²) in [7, 11) is 0. The van der Waals surface area contributed by atoms with Crippen molar-refractivity contribution in [3.63, 3.8) is 0 Å². The summed E-state index contributed by atoms with van der Waals surface area (Å²) < 4.78 is 0. The first-order valence-electron chi connectivity index (χ1n) is 9.39. The molecule has 1 aliphatic heterocycles. The normalized spacial score (nSPS) is 25.2. The van der Waals surface area contributed by atoms with E-state index in [2.05, 4.69) is 30.9 Å². The molecular formula is C22H28ClNO2. The summed E-state index contributed by atoms with van der Waals surface area (Å²) in [6.07, 6.45) is 1.50. The van der Waals surface area contributed by atoms with Gasteiger partial charge in [-0.05, 0) is 55.5 Å². The number of benzene rings is 2. The van der Waals surface area contributed by atoms with Crippen molar-refractivity contribution in [1.82, 2.24) is 4.90 Å². The van der Waals surface area contributed by atoms with Crippen molar-refractivity contribution < 1.29 is 10.2 Å². The van der Waals surface area contributed by atoms with Gasteiger partial charge in [-0.2, -0.15) is 0 Å². The average Bonchev–Trinajstić information content (AvgIpc) is 2.59. The van der Waals surface area contributed by atoms with Gasteiger partial charge >= 0.3 is 0 Å². The van der Waals surface area contributed by atoms with Gasteiger partial charge < -0.3 is 10.2 Å². The van der Waals surface area contributed by atoms with Crippen molar-refractivity contribution in [3.8, 4) is 11.1 Å². The standard InChI is InChI=1S/C22H28ClNO2/c1-15-11-20(25)12-16(2)24(15)14-21(26)13-18-5-3-4-6-22(18)17-7-9-19(23)10-8-17/h3-10,15-16,20-21,25-26H,11-14H2,1-2H3. The molecule has 3 nitrogen and oxygen atoms in total. The van der Waals surface area contributed by atoms with Crippen LogP contribution in [-0.2, 0) is 6.42 Å². The van der Waals surface area contributed by atoms with Crippen LogP contribution in [0.1, 0.15) is 32.3 Å². The van der Waals surface area contributed by atoms with Gasteiger partial charge in [-0.15, -0.1) is 0 Å². The van der Waals surface area contributed by atoms with Crippen LogP contribution in [0, 0.1) is 0 Å². The molecule has 0 bridgehead atoms. The van der Waals surface area contributed by atoms with Crippen LogP contribution < -0.4 is 0 Å². The molecule has 3 rings (SSSR count). The molecule has 1 aliphatic rings. The molecule has 3 unspecified atom stereocenters. The maximum atomic E-state index is 10.7. The summed E-state index contributed by atoms with van der Waals surface area (Å²) in [4.78, 5) is 2.32. The van der Waals surface area contributed by atoms with Gasteiger partial charge in [0.1, 0.15) is 0 Å². The maximum absolute atomic E-state index is 10.7. The predicted octanol–water partition coefficient (Wildman–Crippen LogP) is 4.14. The van der Waals surface area contributed by atoms with Crippen molar-refractivity contribution >= 4 is 11.6 Å². The van der Waals surface area contributed by atoms with E-state index >= 15 is 0 Å². The molecule has 0 saturated carbocycles. The summed E-state index contributed by atoms with van der Waals surface area (Å²) in [5, 5.41) is 21.4. The second kappa shape index (κ2) is 8.53. The van der Waals surface area contributed by atoms with Crippen molar-refractivity contribution in [2.24, 2.45) is 0 Å². The van der Waals surface area contributed by atoms with Crippen LogP contribution in [0.3, 0.4) is 0 Å². The lowest BCUT2D eigenvalue weighted by atomic mass is 9.92. The minimum absolute atomic E-state index is 0.223. The van der Waals surface area contributed by atoms with Crippen molar-refractivity contribution in [1.29, 1.82) is 0 Å². The molecule has 26 heavy (non-hydrogen) atoms. The number of nitrogens with zero attached hydrogens (tertiary/aromatic N) is 1. The summed E-state index contributed by atoms with van der Waals surface area (Å²) in [5.74, 6) is 0. The fourth-order valence-electron chi connectivity index (χ4n) is 4.12. The molecule has 0 radical (unpaired) electrons. The summed E-state index contributed by atoms with van der Waals surface area (Å²) in [6, 6.07) is 16.6. The van der Waals surface area contributed by atoms with Gasteiger partial charge in [0.05, 0.1) is 12.2 Å². The SMILES string of the molecule is CC1CC(O)CC(C)N1CC(O)Cc1ccccc1-c1ccc(Cl)cc1. The van der Waals surface area contributed by atoms with Crippen LogP contribution in [0.2, 0.25) is 5.02 Å². The molecule has 1 saturated heterocycles. The van der Waals surface area contributed by atoms with Gasteiger partial charge in [-0.1, -0.05) is 48.0 Å². The molecule has 0 aliphatic carbocycles. The third-order valence-corrected chi connectivity index (χ3v) is 5.66. The van der Waals surface area contributed by atoms with E-state index in [1.54, 1.807) is 0 Å². The average molecular weight is 374 g/mol. The van der Waals surface area contributed by atoms with E-state index in [0.29, 0.717) is 13.0 Å². The molecule has 0 amide bonds. The van der Waals surface area contributed by atoms with Crippen LogP contribution >= 0.6 is 11.6 Å². The van der Waals surface area contributed by atoms with E-state index in [0.717, 1.165) is 34.6 Å². The monoisotopic (exact) mass is 373 g/mol. The number of β-amino-alcohol motifs (C(OH)–C–C–N with tert-alkyl or cyclic N) is 1. The minimum Gasteiger partial charge on any atom is -0.393 e. The highest BCUT2D eigenvalue weighted by molar-refractivity contribution is 6.30. The maximum Gasteiger partial charge on any atom is 0.0707 e. The third kappa shape index (κ3) is 4.66. The lowest BCUT2D eigenvalue weighted by molar-refractivity contribution is -0.0110. The fourth-order valence-corrected chi connectivity index (χ4v) is 4.25. The smallest absolute Gasteiger partial charge is 0.0707 e. The van der Waals surface area contributed by atoms with Crippen LogP contribution in [0.25, 0.3) is 11.1 Å². The molecule has 140 valence electrons. The number of rotatable bonds is 5. The van der Waals surface area contributed by atoms with Gasteiger partial charge in [0.2, 0.25) is 0 Å². The number of halogens is 1. The van der Waals surface area contributed by atoms with Crippen LogP contribution in [0.4, 0.5) is 0 Å². The Balaban J connectivity index is 1.72. The zero-order valence-electron chi connectivity index (χ0n) is 15.5. The summed E-state index contributed by atoms with van der Waals surface area (Å²) in [6.45, 7) is 4.89. The van der Waals surface area contributed by atoms with E-state index in [1.807, 2.05) is 36.4 Å². The molecule has 0 spiro atoms. The Morgan fingerprint density at radius 2 is 1.65 bits per heavy atom. The lowest BCUT2D eigenvalue weighted by Crippen LogP contribution is -2.51.